The molecule has 146 valence electrons. The van der Waals surface area contributed by atoms with Crippen LogP contribution in [0.5, 0.6) is 11.5 Å². The van der Waals surface area contributed by atoms with Gasteiger partial charge in [0, 0.05) is 0 Å². The standard InChI is InChI=1S/C24H27NO3/c1-5-22(20-11-13-23(27-4)16(2)14-20)25-24(26)17(3)28-21-12-10-18-8-6-7-9-19(18)15-21/h6-15,17,22H,5H2,1-4H3,(H,25,26)/t17-,22-/m0/s1. The molecule has 0 fully saturated rings. The third-order valence-electron chi connectivity index (χ3n) is 4.95. The SMILES string of the molecule is CC[C@H](NC(=O)[C@H](C)Oc1ccc2ccccc2c1)c1ccc(OC)c(C)c1. The van der Waals surface area contributed by atoms with Gasteiger partial charge in [0.15, 0.2) is 6.10 Å². The van der Waals surface area contributed by atoms with Crippen LogP contribution in [0.4, 0.5) is 0 Å². The summed E-state index contributed by atoms with van der Waals surface area (Å²) in [4.78, 5) is 12.7. The van der Waals surface area contributed by atoms with Crippen LogP contribution < -0.4 is 14.8 Å². The van der Waals surface area contributed by atoms with Crippen molar-refractivity contribution >= 4 is 16.7 Å². The van der Waals surface area contributed by atoms with Crippen molar-refractivity contribution in [2.45, 2.75) is 39.3 Å². The lowest BCUT2D eigenvalue weighted by molar-refractivity contribution is -0.128. The van der Waals surface area contributed by atoms with Crippen LogP contribution in [0.1, 0.15) is 37.4 Å². The van der Waals surface area contributed by atoms with Crippen molar-refractivity contribution < 1.29 is 14.3 Å². The molecule has 0 aliphatic heterocycles. The van der Waals surface area contributed by atoms with E-state index in [9.17, 15) is 4.79 Å². The molecular formula is C24H27NO3. The van der Waals surface area contributed by atoms with E-state index >= 15 is 0 Å². The van der Waals surface area contributed by atoms with Crippen LogP contribution in [0, 0.1) is 6.92 Å². The van der Waals surface area contributed by atoms with E-state index in [1.54, 1.807) is 14.0 Å². The van der Waals surface area contributed by atoms with Gasteiger partial charge in [-0.1, -0.05) is 49.4 Å². The van der Waals surface area contributed by atoms with Crippen LogP contribution in [0.3, 0.4) is 0 Å². The third-order valence-corrected chi connectivity index (χ3v) is 4.95. The number of amides is 1. The summed E-state index contributed by atoms with van der Waals surface area (Å²) in [6.45, 7) is 5.83. The lowest BCUT2D eigenvalue weighted by Gasteiger charge is -2.22. The first kappa shape index (κ1) is 19.7. The van der Waals surface area contributed by atoms with E-state index in [1.807, 2.05) is 55.5 Å². The first-order valence-corrected chi connectivity index (χ1v) is 9.62. The second-order valence-electron chi connectivity index (χ2n) is 6.97. The predicted octanol–water partition coefficient (Wildman–Crippen LogP) is 5.19. The van der Waals surface area contributed by atoms with E-state index in [2.05, 4.69) is 24.4 Å². The van der Waals surface area contributed by atoms with Crippen molar-refractivity contribution in [3.63, 3.8) is 0 Å². The fraction of sp³-hybridized carbons (Fsp3) is 0.292. The molecule has 0 aliphatic carbocycles. The molecule has 0 unspecified atom stereocenters. The lowest BCUT2D eigenvalue weighted by atomic mass is 10.0. The van der Waals surface area contributed by atoms with Crippen LogP contribution >= 0.6 is 0 Å². The molecule has 0 bridgehead atoms. The monoisotopic (exact) mass is 377 g/mol. The van der Waals surface area contributed by atoms with Gasteiger partial charge in [0.2, 0.25) is 0 Å². The van der Waals surface area contributed by atoms with Crippen molar-refractivity contribution in [3.05, 3.63) is 71.8 Å². The second-order valence-corrected chi connectivity index (χ2v) is 6.97. The zero-order valence-corrected chi connectivity index (χ0v) is 16.9. The normalized spacial score (nSPS) is 13.0. The van der Waals surface area contributed by atoms with E-state index in [1.165, 1.54) is 0 Å². The predicted molar refractivity (Wildman–Crippen MR) is 113 cm³/mol. The van der Waals surface area contributed by atoms with E-state index in [0.29, 0.717) is 5.75 Å². The molecule has 3 aromatic rings. The number of rotatable bonds is 7. The highest BCUT2D eigenvalue weighted by atomic mass is 16.5. The minimum absolute atomic E-state index is 0.0697. The molecule has 0 aliphatic rings. The molecule has 0 heterocycles. The number of fused-ring (bicyclic) bond motifs is 1. The minimum atomic E-state index is -0.588. The van der Waals surface area contributed by atoms with Crippen LogP contribution in [0.2, 0.25) is 0 Å². The molecule has 1 N–H and O–H groups in total. The van der Waals surface area contributed by atoms with E-state index in [0.717, 1.165) is 34.1 Å². The van der Waals surface area contributed by atoms with E-state index in [4.69, 9.17) is 9.47 Å². The largest absolute Gasteiger partial charge is 0.496 e. The van der Waals surface area contributed by atoms with Gasteiger partial charge in [0.1, 0.15) is 11.5 Å². The van der Waals surface area contributed by atoms with Crippen LogP contribution in [0.15, 0.2) is 60.7 Å². The highest BCUT2D eigenvalue weighted by molar-refractivity contribution is 5.84. The number of aryl methyl sites for hydroxylation is 1. The summed E-state index contributed by atoms with van der Waals surface area (Å²) in [5.41, 5.74) is 2.11. The average Bonchev–Trinajstić information content (AvgIpc) is 2.71. The number of hydrogen-bond donors (Lipinski definition) is 1. The highest BCUT2D eigenvalue weighted by Crippen LogP contribution is 2.25. The number of ether oxygens (including phenoxy) is 2. The molecule has 0 saturated heterocycles. The summed E-state index contributed by atoms with van der Waals surface area (Å²) < 4.78 is 11.2. The number of nitrogens with one attached hydrogen (secondary N) is 1. The molecule has 2 atom stereocenters. The number of methoxy groups -OCH3 is 1. The van der Waals surface area contributed by atoms with E-state index < -0.39 is 6.10 Å². The molecule has 0 aromatic heterocycles. The Balaban J connectivity index is 1.68. The molecule has 0 radical (unpaired) electrons. The minimum Gasteiger partial charge on any atom is -0.496 e. The third kappa shape index (κ3) is 4.45. The Hall–Kier alpha value is -3.01. The number of carbonyl (C=O) groups excluding carboxylic acids is 1. The Morgan fingerprint density at radius 2 is 1.79 bits per heavy atom. The van der Waals surface area contributed by atoms with Crippen molar-refractivity contribution in [1.82, 2.24) is 5.32 Å². The summed E-state index contributed by atoms with van der Waals surface area (Å²) in [5, 5.41) is 5.34. The zero-order valence-electron chi connectivity index (χ0n) is 16.9. The van der Waals surface area contributed by atoms with Gasteiger partial charge in [-0.2, -0.15) is 0 Å². The highest BCUT2D eigenvalue weighted by Gasteiger charge is 2.20. The van der Waals surface area contributed by atoms with Crippen molar-refractivity contribution in [2.75, 3.05) is 7.11 Å². The number of benzene rings is 3. The Kier molecular flexibility index (Phi) is 6.19. The fourth-order valence-electron chi connectivity index (χ4n) is 3.33. The molecule has 3 rings (SSSR count). The van der Waals surface area contributed by atoms with Crippen LogP contribution in [0.25, 0.3) is 10.8 Å². The maximum atomic E-state index is 12.7. The number of hydrogen-bond acceptors (Lipinski definition) is 3. The molecule has 0 spiro atoms. The smallest absolute Gasteiger partial charge is 0.261 e. The fourth-order valence-corrected chi connectivity index (χ4v) is 3.33. The van der Waals surface area contributed by atoms with Gasteiger partial charge in [-0.3, -0.25) is 4.79 Å². The molecule has 4 heteroatoms. The first-order valence-electron chi connectivity index (χ1n) is 9.62. The van der Waals surface area contributed by atoms with Gasteiger partial charge in [-0.25, -0.2) is 0 Å². The summed E-state index contributed by atoms with van der Waals surface area (Å²) in [7, 11) is 1.66. The Morgan fingerprint density at radius 3 is 2.46 bits per heavy atom. The Bertz CT molecular complexity index is 967. The van der Waals surface area contributed by atoms with Gasteiger partial charge in [0.05, 0.1) is 13.2 Å². The molecule has 0 saturated carbocycles. The molecular weight excluding hydrogens is 350 g/mol. The summed E-state index contributed by atoms with van der Waals surface area (Å²) in [5.74, 6) is 1.40. The molecule has 3 aromatic carbocycles. The van der Waals surface area contributed by atoms with Crippen LogP contribution in [-0.4, -0.2) is 19.1 Å². The average molecular weight is 377 g/mol. The first-order chi connectivity index (χ1) is 13.5. The van der Waals surface area contributed by atoms with Crippen LogP contribution in [-0.2, 0) is 4.79 Å². The van der Waals surface area contributed by atoms with Gasteiger partial charge >= 0.3 is 0 Å². The summed E-state index contributed by atoms with van der Waals surface area (Å²) in [6.07, 6.45) is 0.203. The van der Waals surface area contributed by atoms with Gasteiger partial charge in [-0.05, 0) is 60.4 Å². The maximum absolute atomic E-state index is 12.7. The Morgan fingerprint density at radius 1 is 1.04 bits per heavy atom. The maximum Gasteiger partial charge on any atom is 0.261 e. The molecule has 1 amide bonds. The zero-order chi connectivity index (χ0) is 20.1. The Labute approximate surface area is 166 Å². The molecule has 4 nitrogen and oxygen atoms in total. The van der Waals surface area contributed by atoms with E-state index in [-0.39, 0.29) is 11.9 Å². The van der Waals surface area contributed by atoms with Gasteiger partial charge < -0.3 is 14.8 Å². The van der Waals surface area contributed by atoms with Crippen molar-refractivity contribution in [2.24, 2.45) is 0 Å². The van der Waals surface area contributed by atoms with Crippen molar-refractivity contribution in [1.29, 1.82) is 0 Å². The van der Waals surface area contributed by atoms with Crippen molar-refractivity contribution in [3.8, 4) is 11.5 Å². The summed E-state index contributed by atoms with van der Waals surface area (Å²) >= 11 is 0. The topological polar surface area (TPSA) is 47.6 Å². The second kappa shape index (κ2) is 8.79. The quantitative estimate of drug-likeness (QED) is 0.616. The lowest BCUT2D eigenvalue weighted by Crippen LogP contribution is -2.38. The molecule has 28 heavy (non-hydrogen) atoms. The van der Waals surface area contributed by atoms with Gasteiger partial charge in [0.25, 0.3) is 5.91 Å². The number of carbonyl (C=O) groups is 1. The summed E-state index contributed by atoms with van der Waals surface area (Å²) in [6, 6.07) is 19.9. The van der Waals surface area contributed by atoms with Gasteiger partial charge in [-0.15, -0.1) is 0 Å².